The standard InChI is InChI=1S/C10H11BrN2O/c1-2-3-4-9-13-8-5-7(11)6-12-10(8)14-9/h5-6H,2-4H2,1H3. The molecule has 4 heteroatoms. The maximum Gasteiger partial charge on any atom is 0.246 e. The van der Waals surface area contributed by atoms with Crippen molar-refractivity contribution in [3.05, 3.63) is 22.6 Å². The average molecular weight is 255 g/mol. The lowest BCUT2D eigenvalue weighted by atomic mass is 10.2. The fourth-order valence-corrected chi connectivity index (χ4v) is 1.60. The molecule has 0 spiro atoms. The molecule has 2 heterocycles. The van der Waals surface area contributed by atoms with E-state index in [1.54, 1.807) is 6.20 Å². The summed E-state index contributed by atoms with van der Waals surface area (Å²) in [5.74, 6) is 0.785. The van der Waals surface area contributed by atoms with E-state index in [1.807, 2.05) is 6.07 Å². The van der Waals surface area contributed by atoms with Gasteiger partial charge in [0.1, 0.15) is 5.52 Å². The largest absolute Gasteiger partial charge is 0.422 e. The molecule has 0 N–H and O–H groups in total. The number of pyridine rings is 1. The molecule has 0 saturated carbocycles. The highest BCUT2D eigenvalue weighted by molar-refractivity contribution is 9.10. The Morgan fingerprint density at radius 2 is 2.36 bits per heavy atom. The second-order valence-electron chi connectivity index (χ2n) is 3.19. The van der Waals surface area contributed by atoms with Crippen LogP contribution in [0.4, 0.5) is 0 Å². The quantitative estimate of drug-likeness (QED) is 0.844. The van der Waals surface area contributed by atoms with Crippen LogP contribution in [0, 0.1) is 0 Å². The minimum absolute atomic E-state index is 0.624. The van der Waals surface area contributed by atoms with Crippen molar-refractivity contribution in [2.24, 2.45) is 0 Å². The summed E-state index contributed by atoms with van der Waals surface area (Å²) < 4.78 is 6.41. The second-order valence-corrected chi connectivity index (χ2v) is 4.10. The van der Waals surface area contributed by atoms with E-state index >= 15 is 0 Å². The zero-order valence-electron chi connectivity index (χ0n) is 7.96. The van der Waals surface area contributed by atoms with E-state index in [0.717, 1.165) is 35.1 Å². The Morgan fingerprint density at radius 1 is 1.50 bits per heavy atom. The predicted octanol–water partition coefficient (Wildman–Crippen LogP) is 3.33. The Morgan fingerprint density at radius 3 is 3.14 bits per heavy atom. The van der Waals surface area contributed by atoms with Gasteiger partial charge in [-0.2, -0.15) is 0 Å². The van der Waals surface area contributed by atoms with Gasteiger partial charge >= 0.3 is 0 Å². The van der Waals surface area contributed by atoms with Gasteiger partial charge in [0.05, 0.1) is 0 Å². The van der Waals surface area contributed by atoms with E-state index in [1.165, 1.54) is 0 Å². The van der Waals surface area contributed by atoms with E-state index in [2.05, 4.69) is 32.8 Å². The molecule has 2 aromatic heterocycles. The molecule has 14 heavy (non-hydrogen) atoms. The Bertz CT molecular complexity index is 439. The van der Waals surface area contributed by atoms with Crippen LogP contribution >= 0.6 is 15.9 Å². The van der Waals surface area contributed by atoms with Gasteiger partial charge in [0.25, 0.3) is 0 Å². The van der Waals surface area contributed by atoms with Crippen LogP contribution in [0.15, 0.2) is 21.2 Å². The fraction of sp³-hybridized carbons (Fsp3) is 0.400. The Hall–Kier alpha value is -0.900. The minimum atomic E-state index is 0.624. The van der Waals surface area contributed by atoms with Gasteiger partial charge in [-0.05, 0) is 28.4 Å². The fourth-order valence-electron chi connectivity index (χ4n) is 1.28. The van der Waals surface area contributed by atoms with Crippen LogP contribution in [0.5, 0.6) is 0 Å². The first kappa shape index (κ1) is 9.65. The first-order chi connectivity index (χ1) is 6.79. The van der Waals surface area contributed by atoms with Gasteiger partial charge in [-0.25, -0.2) is 9.97 Å². The minimum Gasteiger partial charge on any atom is -0.422 e. The van der Waals surface area contributed by atoms with Crippen molar-refractivity contribution in [2.75, 3.05) is 0 Å². The molecule has 0 bridgehead atoms. The topological polar surface area (TPSA) is 38.9 Å². The molecule has 0 atom stereocenters. The van der Waals surface area contributed by atoms with Crippen molar-refractivity contribution in [3.63, 3.8) is 0 Å². The average Bonchev–Trinajstić information content (AvgIpc) is 2.56. The molecule has 0 fully saturated rings. The Balaban J connectivity index is 2.32. The normalized spacial score (nSPS) is 11.0. The summed E-state index contributed by atoms with van der Waals surface area (Å²) in [6, 6.07) is 1.92. The third kappa shape index (κ3) is 1.95. The van der Waals surface area contributed by atoms with Gasteiger partial charge in [0, 0.05) is 17.1 Å². The number of fused-ring (bicyclic) bond motifs is 1. The summed E-state index contributed by atoms with van der Waals surface area (Å²) in [4.78, 5) is 8.49. The molecular weight excluding hydrogens is 244 g/mol. The first-order valence-electron chi connectivity index (χ1n) is 4.70. The number of unbranched alkanes of at least 4 members (excludes halogenated alkanes) is 1. The van der Waals surface area contributed by atoms with E-state index in [0.29, 0.717) is 5.71 Å². The molecular formula is C10H11BrN2O. The van der Waals surface area contributed by atoms with Gasteiger partial charge < -0.3 is 4.42 Å². The number of aromatic nitrogens is 2. The molecule has 0 saturated heterocycles. The lowest BCUT2D eigenvalue weighted by molar-refractivity contribution is 0.510. The number of aryl methyl sites for hydroxylation is 1. The van der Waals surface area contributed by atoms with Crippen LogP contribution in [-0.4, -0.2) is 9.97 Å². The maximum absolute atomic E-state index is 5.48. The Kier molecular flexibility index (Phi) is 2.82. The summed E-state index contributed by atoms with van der Waals surface area (Å²) in [5.41, 5.74) is 1.45. The number of hydrogen-bond acceptors (Lipinski definition) is 3. The second kappa shape index (κ2) is 4.09. The molecule has 2 rings (SSSR count). The van der Waals surface area contributed by atoms with Gasteiger partial charge in [-0.15, -0.1) is 0 Å². The number of oxazole rings is 1. The van der Waals surface area contributed by atoms with Crippen LogP contribution < -0.4 is 0 Å². The summed E-state index contributed by atoms with van der Waals surface area (Å²) in [6.45, 7) is 2.15. The van der Waals surface area contributed by atoms with Crippen LogP contribution in [0.25, 0.3) is 11.2 Å². The SMILES string of the molecule is CCCCc1nc2cc(Br)cnc2o1. The van der Waals surface area contributed by atoms with E-state index < -0.39 is 0 Å². The Labute approximate surface area is 90.7 Å². The molecule has 0 unspecified atom stereocenters. The van der Waals surface area contributed by atoms with Crippen LogP contribution in [0.2, 0.25) is 0 Å². The maximum atomic E-state index is 5.48. The molecule has 2 aromatic rings. The van der Waals surface area contributed by atoms with Crippen molar-refractivity contribution >= 4 is 27.2 Å². The number of hydrogen-bond donors (Lipinski definition) is 0. The number of halogens is 1. The highest BCUT2D eigenvalue weighted by Gasteiger charge is 2.06. The van der Waals surface area contributed by atoms with Crippen molar-refractivity contribution in [2.45, 2.75) is 26.2 Å². The predicted molar refractivity (Wildman–Crippen MR) is 58.1 cm³/mol. The van der Waals surface area contributed by atoms with Gasteiger partial charge in [0.15, 0.2) is 5.89 Å². The van der Waals surface area contributed by atoms with Crippen LogP contribution in [0.3, 0.4) is 0 Å². The molecule has 0 amide bonds. The summed E-state index contributed by atoms with van der Waals surface area (Å²) in [6.07, 6.45) is 4.87. The van der Waals surface area contributed by atoms with Crippen molar-refractivity contribution < 1.29 is 4.42 Å². The zero-order chi connectivity index (χ0) is 9.97. The molecule has 0 aliphatic heterocycles. The monoisotopic (exact) mass is 254 g/mol. The van der Waals surface area contributed by atoms with Crippen LogP contribution in [-0.2, 0) is 6.42 Å². The summed E-state index contributed by atoms with van der Waals surface area (Å²) in [7, 11) is 0. The first-order valence-corrected chi connectivity index (χ1v) is 5.50. The third-order valence-electron chi connectivity index (χ3n) is 2.00. The smallest absolute Gasteiger partial charge is 0.246 e. The van der Waals surface area contributed by atoms with Gasteiger partial charge in [0.2, 0.25) is 5.71 Å². The lowest BCUT2D eigenvalue weighted by Gasteiger charge is -1.88. The number of nitrogens with zero attached hydrogens (tertiary/aromatic N) is 2. The van der Waals surface area contributed by atoms with E-state index in [-0.39, 0.29) is 0 Å². The highest BCUT2D eigenvalue weighted by Crippen LogP contribution is 2.18. The molecule has 0 aliphatic carbocycles. The van der Waals surface area contributed by atoms with Crippen molar-refractivity contribution in [3.8, 4) is 0 Å². The molecule has 0 aromatic carbocycles. The van der Waals surface area contributed by atoms with Gasteiger partial charge in [-0.1, -0.05) is 13.3 Å². The summed E-state index contributed by atoms with van der Waals surface area (Å²) >= 11 is 3.35. The van der Waals surface area contributed by atoms with E-state index in [9.17, 15) is 0 Å². The van der Waals surface area contributed by atoms with Crippen LogP contribution in [0.1, 0.15) is 25.7 Å². The lowest BCUT2D eigenvalue weighted by Crippen LogP contribution is -1.82. The van der Waals surface area contributed by atoms with Crippen molar-refractivity contribution in [1.29, 1.82) is 0 Å². The zero-order valence-corrected chi connectivity index (χ0v) is 9.54. The summed E-state index contributed by atoms with van der Waals surface area (Å²) in [5, 5.41) is 0. The molecule has 3 nitrogen and oxygen atoms in total. The van der Waals surface area contributed by atoms with Gasteiger partial charge in [-0.3, -0.25) is 0 Å². The number of rotatable bonds is 3. The van der Waals surface area contributed by atoms with E-state index in [4.69, 9.17) is 4.42 Å². The third-order valence-corrected chi connectivity index (χ3v) is 2.44. The van der Waals surface area contributed by atoms with Crippen molar-refractivity contribution in [1.82, 2.24) is 9.97 Å². The highest BCUT2D eigenvalue weighted by atomic mass is 79.9. The molecule has 74 valence electrons. The molecule has 0 aliphatic rings. The molecule has 0 radical (unpaired) electrons.